The third-order valence-corrected chi connectivity index (χ3v) is 4.86. The van der Waals surface area contributed by atoms with Crippen LogP contribution in [0.5, 0.6) is 0 Å². The molecule has 3 aromatic rings. The summed E-state index contributed by atoms with van der Waals surface area (Å²) in [6.07, 6.45) is 1.49. The van der Waals surface area contributed by atoms with Gasteiger partial charge in [0.2, 0.25) is 10.0 Å². The second kappa shape index (κ2) is 7.25. The van der Waals surface area contributed by atoms with Crippen LogP contribution in [0.25, 0.3) is 11.1 Å². The molecule has 3 rings (SSSR count). The van der Waals surface area contributed by atoms with Crippen LogP contribution in [-0.2, 0) is 10.0 Å². The van der Waals surface area contributed by atoms with Gasteiger partial charge in [-0.2, -0.15) is 0 Å². The lowest BCUT2D eigenvalue weighted by molar-refractivity contribution is 0.102. The Labute approximate surface area is 155 Å². The molecule has 8 heteroatoms. The number of halogens is 1. The highest BCUT2D eigenvalue weighted by Gasteiger charge is 2.15. The summed E-state index contributed by atoms with van der Waals surface area (Å²) in [7, 11) is -3.83. The fourth-order valence-corrected chi connectivity index (χ4v) is 3.19. The molecular formula is C18H14ClN3O3S. The zero-order valence-electron chi connectivity index (χ0n) is 13.4. The smallest absolute Gasteiger partial charge is 0.258 e. The molecule has 0 spiro atoms. The van der Waals surface area contributed by atoms with Gasteiger partial charge in [-0.15, -0.1) is 0 Å². The fraction of sp³-hybridized carbons (Fsp3) is 0. The summed E-state index contributed by atoms with van der Waals surface area (Å²) in [6, 6.07) is 16.4. The summed E-state index contributed by atoms with van der Waals surface area (Å²) >= 11 is 5.96. The van der Waals surface area contributed by atoms with Crippen LogP contribution in [0.15, 0.2) is 71.8 Å². The molecule has 0 radical (unpaired) electrons. The van der Waals surface area contributed by atoms with Gasteiger partial charge in [-0.1, -0.05) is 41.9 Å². The average molecular weight is 388 g/mol. The number of rotatable bonds is 4. The first-order chi connectivity index (χ1) is 12.4. The summed E-state index contributed by atoms with van der Waals surface area (Å²) in [5.41, 5.74) is 1.99. The number of anilines is 1. The summed E-state index contributed by atoms with van der Waals surface area (Å²) < 4.78 is 23.2. The maximum atomic E-state index is 12.5. The first kappa shape index (κ1) is 18.1. The quantitative estimate of drug-likeness (QED) is 0.670. The van der Waals surface area contributed by atoms with Gasteiger partial charge in [0, 0.05) is 17.4 Å². The minimum Gasteiger partial charge on any atom is -0.321 e. The second-order valence-corrected chi connectivity index (χ2v) is 7.33. The number of sulfonamides is 1. The standard InChI is InChI=1S/C18H14ClN3O3S/c19-17-15(8-4-10-21-17)18(23)22-16-9-2-1-7-14(16)12-5-3-6-13(11-12)26(20,24)25/h1-11H,(H,22,23)(H2,20,24,25). The molecule has 0 aliphatic carbocycles. The SMILES string of the molecule is NS(=O)(=O)c1cccc(-c2ccccc2NC(=O)c2cccnc2Cl)c1. The van der Waals surface area contributed by atoms with Crippen molar-refractivity contribution in [1.82, 2.24) is 4.98 Å². The Kier molecular flexibility index (Phi) is 5.03. The van der Waals surface area contributed by atoms with Crippen molar-refractivity contribution >= 4 is 33.2 Å². The molecule has 0 aliphatic rings. The predicted octanol–water partition coefficient (Wildman–Crippen LogP) is 3.30. The van der Waals surface area contributed by atoms with Crippen LogP contribution in [0.3, 0.4) is 0 Å². The zero-order valence-corrected chi connectivity index (χ0v) is 15.0. The Morgan fingerprint density at radius 3 is 2.54 bits per heavy atom. The van der Waals surface area contributed by atoms with E-state index in [2.05, 4.69) is 10.3 Å². The van der Waals surface area contributed by atoms with Crippen LogP contribution in [0.4, 0.5) is 5.69 Å². The van der Waals surface area contributed by atoms with Crippen molar-refractivity contribution in [2.75, 3.05) is 5.32 Å². The van der Waals surface area contributed by atoms with E-state index in [1.54, 1.807) is 48.5 Å². The van der Waals surface area contributed by atoms with Crippen LogP contribution in [-0.4, -0.2) is 19.3 Å². The lowest BCUT2D eigenvalue weighted by atomic mass is 10.0. The number of pyridine rings is 1. The Hall–Kier alpha value is -2.74. The number of nitrogens with two attached hydrogens (primary N) is 1. The maximum absolute atomic E-state index is 12.5. The third kappa shape index (κ3) is 3.91. The lowest BCUT2D eigenvalue weighted by Gasteiger charge is -2.12. The molecule has 1 aromatic heterocycles. The maximum Gasteiger partial charge on any atom is 0.258 e. The minimum atomic E-state index is -3.83. The van der Waals surface area contributed by atoms with Crippen molar-refractivity contribution in [3.63, 3.8) is 0 Å². The van der Waals surface area contributed by atoms with Crippen molar-refractivity contribution in [1.29, 1.82) is 0 Å². The van der Waals surface area contributed by atoms with Crippen LogP contribution >= 0.6 is 11.6 Å². The van der Waals surface area contributed by atoms with Gasteiger partial charge in [0.15, 0.2) is 0 Å². The average Bonchev–Trinajstić information content (AvgIpc) is 2.62. The molecule has 0 saturated heterocycles. The molecule has 0 saturated carbocycles. The van der Waals surface area contributed by atoms with Gasteiger partial charge < -0.3 is 5.32 Å². The normalized spacial score (nSPS) is 11.2. The summed E-state index contributed by atoms with van der Waals surface area (Å²) in [6.45, 7) is 0. The molecule has 1 heterocycles. The van der Waals surface area contributed by atoms with E-state index in [-0.39, 0.29) is 15.6 Å². The highest BCUT2D eigenvalue weighted by atomic mass is 35.5. The summed E-state index contributed by atoms with van der Waals surface area (Å²) in [5.74, 6) is -0.418. The number of nitrogens with zero attached hydrogens (tertiary/aromatic N) is 1. The molecule has 0 fully saturated rings. The van der Waals surface area contributed by atoms with Gasteiger partial charge >= 0.3 is 0 Å². The number of hydrogen-bond acceptors (Lipinski definition) is 4. The third-order valence-electron chi connectivity index (χ3n) is 3.65. The van der Waals surface area contributed by atoms with Crippen LogP contribution in [0.1, 0.15) is 10.4 Å². The summed E-state index contributed by atoms with van der Waals surface area (Å²) in [5, 5.41) is 8.07. The minimum absolute atomic E-state index is 0.00793. The highest BCUT2D eigenvalue weighted by Crippen LogP contribution is 2.30. The van der Waals surface area contributed by atoms with Gasteiger partial charge in [-0.05, 0) is 35.9 Å². The van der Waals surface area contributed by atoms with Crippen molar-refractivity contribution in [3.05, 3.63) is 77.6 Å². The number of primary sulfonamides is 1. The molecule has 0 atom stereocenters. The Bertz CT molecular complexity index is 1080. The predicted molar refractivity (Wildman–Crippen MR) is 100 cm³/mol. The van der Waals surface area contributed by atoms with E-state index in [0.29, 0.717) is 16.8 Å². The van der Waals surface area contributed by atoms with Crippen molar-refractivity contribution in [2.45, 2.75) is 4.90 Å². The Balaban J connectivity index is 2.00. The van der Waals surface area contributed by atoms with Gasteiger partial charge in [-0.3, -0.25) is 4.79 Å². The topological polar surface area (TPSA) is 102 Å². The van der Waals surface area contributed by atoms with Crippen molar-refractivity contribution < 1.29 is 13.2 Å². The van der Waals surface area contributed by atoms with Crippen LogP contribution in [0, 0.1) is 0 Å². The number of aromatic nitrogens is 1. The summed E-state index contributed by atoms with van der Waals surface area (Å²) in [4.78, 5) is 16.4. The number of amides is 1. The number of nitrogens with one attached hydrogen (secondary N) is 1. The largest absolute Gasteiger partial charge is 0.321 e. The van der Waals surface area contributed by atoms with Gasteiger partial charge in [0.1, 0.15) is 5.15 Å². The van der Waals surface area contributed by atoms with E-state index in [4.69, 9.17) is 16.7 Å². The van der Waals surface area contributed by atoms with E-state index < -0.39 is 15.9 Å². The molecule has 1 amide bonds. The molecule has 2 aromatic carbocycles. The van der Waals surface area contributed by atoms with Crippen LogP contribution < -0.4 is 10.5 Å². The molecule has 26 heavy (non-hydrogen) atoms. The number of carbonyl (C=O) groups excluding carboxylic acids is 1. The first-order valence-corrected chi connectivity index (χ1v) is 9.43. The van der Waals surface area contributed by atoms with Gasteiger partial charge in [0.25, 0.3) is 5.91 Å². The highest BCUT2D eigenvalue weighted by molar-refractivity contribution is 7.89. The molecule has 0 bridgehead atoms. The Morgan fingerprint density at radius 1 is 1.04 bits per heavy atom. The van der Waals surface area contributed by atoms with E-state index in [1.807, 2.05) is 0 Å². The number of para-hydroxylation sites is 1. The molecule has 132 valence electrons. The molecule has 3 N–H and O–H groups in total. The van der Waals surface area contributed by atoms with Crippen molar-refractivity contribution in [2.24, 2.45) is 5.14 Å². The molecule has 0 unspecified atom stereocenters. The van der Waals surface area contributed by atoms with E-state index >= 15 is 0 Å². The monoisotopic (exact) mass is 387 g/mol. The van der Waals surface area contributed by atoms with Gasteiger partial charge in [0.05, 0.1) is 10.5 Å². The van der Waals surface area contributed by atoms with E-state index in [9.17, 15) is 13.2 Å². The molecule has 6 nitrogen and oxygen atoms in total. The number of carbonyl (C=O) groups is 1. The Morgan fingerprint density at radius 2 is 1.81 bits per heavy atom. The van der Waals surface area contributed by atoms with E-state index in [1.165, 1.54) is 18.3 Å². The van der Waals surface area contributed by atoms with Gasteiger partial charge in [-0.25, -0.2) is 18.5 Å². The van der Waals surface area contributed by atoms with E-state index in [0.717, 1.165) is 0 Å². The van der Waals surface area contributed by atoms with Crippen molar-refractivity contribution in [3.8, 4) is 11.1 Å². The van der Waals surface area contributed by atoms with Crippen LogP contribution in [0.2, 0.25) is 5.15 Å². The molecule has 0 aliphatic heterocycles. The molecular weight excluding hydrogens is 374 g/mol. The second-order valence-electron chi connectivity index (χ2n) is 5.41. The number of benzene rings is 2. The first-order valence-electron chi connectivity index (χ1n) is 7.50. The number of hydrogen-bond donors (Lipinski definition) is 2. The lowest BCUT2D eigenvalue weighted by Crippen LogP contribution is -2.14. The fourth-order valence-electron chi connectivity index (χ4n) is 2.43. The zero-order chi connectivity index (χ0) is 18.7.